The van der Waals surface area contributed by atoms with E-state index in [1.54, 1.807) is 18.3 Å². The lowest BCUT2D eigenvalue weighted by Gasteiger charge is -2.26. The van der Waals surface area contributed by atoms with Crippen LogP contribution in [-0.2, 0) is 0 Å². The molecule has 0 radical (unpaired) electrons. The minimum absolute atomic E-state index is 0.0442. The molecule has 98 valence electrons. The SMILES string of the molecule is CCN(CC(C)C(N)=S)c1ncccc1C(N)=O. The summed E-state index contributed by atoms with van der Waals surface area (Å²) in [6, 6.07) is 3.35. The molecule has 1 aromatic rings. The van der Waals surface area contributed by atoms with Gasteiger partial charge in [-0.3, -0.25) is 4.79 Å². The number of nitrogens with two attached hydrogens (primary N) is 2. The smallest absolute Gasteiger partial charge is 0.252 e. The van der Waals surface area contributed by atoms with Crippen molar-refractivity contribution in [3.8, 4) is 0 Å². The van der Waals surface area contributed by atoms with Crippen molar-refractivity contribution in [2.45, 2.75) is 13.8 Å². The zero-order valence-electron chi connectivity index (χ0n) is 10.6. The van der Waals surface area contributed by atoms with Crippen molar-refractivity contribution < 1.29 is 4.79 Å². The molecule has 0 saturated heterocycles. The number of aromatic nitrogens is 1. The summed E-state index contributed by atoms with van der Waals surface area (Å²) in [5.74, 6) is 0.137. The first-order chi connectivity index (χ1) is 8.47. The molecule has 0 spiro atoms. The van der Waals surface area contributed by atoms with Crippen molar-refractivity contribution in [2.24, 2.45) is 17.4 Å². The first-order valence-electron chi connectivity index (χ1n) is 5.76. The second-order valence-corrected chi connectivity index (χ2v) is 4.55. The van der Waals surface area contributed by atoms with E-state index in [4.69, 9.17) is 23.7 Å². The molecule has 1 amide bonds. The van der Waals surface area contributed by atoms with Crippen LogP contribution in [0.1, 0.15) is 24.2 Å². The summed E-state index contributed by atoms with van der Waals surface area (Å²) in [5, 5.41) is 0. The minimum atomic E-state index is -0.487. The molecular weight excluding hydrogens is 248 g/mol. The number of nitrogens with zero attached hydrogens (tertiary/aromatic N) is 2. The molecule has 0 aliphatic carbocycles. The molecule has 0 aliphatic rings. The van der Waals surface area contributed by atoms with Crippen molar-refractivity contribution >= 4 is 28.9 Å². The number of hydrogen-bond acceptors (Lipinski definition) is 4. The number of carbonyl (C=O) groups excluding carboxylic acids is 1. The maximum Gasteiger partial charge on any atom is 0.252 e. The highest BCUT2D eigenvalue weighted by molar-refractivity contribution is 7.80. The third-order valence-electron chi connectivity index (χ3n) is 2.71. The summed E-state index contributed by atoms with van der Waals surface area (Å²) in [6.07, 6.45) is 1.63. The molecule has 1 rings (SSSR count). The summed E-state index contributed by atoms with van der Waals surface area (Å²) in [7, 11) is 0. The lowest BCUT2D eigenvalue weighted by molar-refractivity contribution is 0.100. The van der Waals surface area contributed by atoms with Crippen LogP contribution in [0.2, 0.25) is 0 Å². The quantitative estimate of drug-likeness (QED) is 0.748. The largest absolute Gasteiger partial charge is 0.393 e. The molecule has 0 aliphatic heterocycles. The first-order valence-corrected chi connectivity index (χ1v) is 6.17. The zero-order valence-corrected chi connectivity index (χ0v) is 11.4. The number of amides is 1. The molecule has 1 aromatic heterocycles. The van der Waals surface area contributed by atoms with E-state index >= 15 is 0 Å². The van der Waals surface area contributed by atoms with Gasteiger partial charge in [-0.1, -0.05) is 19.1 Å². The van der Waals surface area contributed by atoms with Crippen LogP contribution >= 0.6 is 12.2 Å². The van der Waals surface area contributed by atoms with Crippen LogP contribution in [0.15, 0.2) is 18.3 Å². The van der Waals surface area contributed by atoms with Gasteiger partial charge in [0.05, 0.1) is 10.6 Å². The Bertz CT molecular complexity index is 449. The topological polar surface area (TPSA) is 85.2 Å². The predicted octanol–water partition coefficient (Wildman–Crippen LogP) is 0.929. The van der Waals surface area contributed by atoms with Crippen LogP contribution in [0.4, 0.5) is 5.82 Å². The first kappa shape index (κ1) is 14.4. The summed E-state index contributed by atoms with van der Waals surface area (Å²) >= 11 is 4.96. The monoisotopic (exact) mass is 266 g/mol. The Kier molecular flexibility index (Phi) is 5.03. The molecular formula is C12H18N4OS. The fourth-order valence-corrected chi connectivity index (χ4v) is 1.70. The van der Waals surface area contributed by atoms with E-state index in [-0.39, 0.29) is 5.92 Å². The Morgan fingerprint density at radius 2 is 2.22 bits per heavy atom. The van der Waals surface area contributed by atoms with Gasteiger partial charge in [-0.05, 0) is 19.1 Å². The molecule has 1 atom stereocenters. The van der Waals surface area contributed by atoms with E-state index in [1.165, 1.54) is 0 Å². The van der Waals surface area contributed by atoms with Crippen LogP contribution in [0.5, 0.6) is 0 Å². The van der Waals surface area contributed by atoms with Crippen molar-refractivity contribution in [1.29, 1.82) is 0 Å². The van der Waals surface area contributed by atoms with E-state index in [9.17, 15) is 4.79 Å². The molecule has 18 heavy (non-hydrogen) atoms. The molecule has 1 unspecified atom stereocenters. The van der Waals surface area contributed by atoms with Gasteiger partial charge in [-0.15, -0.1) is 0 Å². The van der Waals surface area contributed by atoms with E-state index in [1.807, 2.05) is 18.7 Å². The number of thiocarbonyl (C=S) groups is 1. The molecule has 4 N–H and O–H groups in total. The van der Waals surface area contributed by atoms with Crippen LogP contribution in [-0.4, -0.2) is 29.0 Å². The highest BCUT2D eigenvalue weighted by atomic mass is 32.1. The summed E-state index contributed by atoms with van der Waals surface area (Å²) < 4.78 is 0. The Balaban J connectivity index is 3.02. The molecule has 0 bridgehead atoms. The molecule has 0 aromatic carbocycles. The summed E-state index contributed by atoms with van der Waals surface area (Å²) in [5.41, 5.74) is 11.4. The van der Waals surface area contributed by atoms with Gasteiger partial charge < -0.3 is 16.4 Å². The second kappa shape index (κ2) is 6.30. The van der Waals surface area contributed by atoms with Gasteiger partial charge in [-0.25, -0.2) is 4.98 Å². The number of primary amides is 1. The zero-order chi connectivity index (χ0) is 13.7. The molecule has 0 fully saturated rings. The second-order valence-electron chi connectivity index (χ2n) is 4.08. The van der Waals surface area contributed by atoms with Gasteiger partial charge in [0.1, 0.15) is 5.82 Å². The van der Waals surface area contributed by atoms with Gasteiger partial charge >= 0.3 is 0 Å². The Labute approximate surface area is 112 Å². The average Bonchev–Trinajstić information content (AvgIpc) is 2.35. The van der Waals surface area contributed by atoms with Crippen molar-refractivity contribution in [1.82, 2.24) is 4.98 Å². The highest BCUT2D eigenvalue weighted by Gasteiger charge is 2.17. The van der Waals surface area contributed by atoms with Gasteiger partial charge in [0.2, 0.25) is 0 Å². The van der Waals surface area contributed by atoms with Crippen molar-refractivity contribution in [2.75, 3.05) is 18.0 Å². The predicted molar refractivity (Wildman–Crippen MR) is 76.6 cm³/mol. The van der Waals surface area contributed by atoms with Crippen LogP contribution < -0.4 is 16.4 Å². The number of hydrogen-bond donors (Lipinski definition) is 2. The van der Waals surface area contributed by atoms with E-state index in [2.05, 4.69) is 4.98 Å². The molecule has 1 heterocycles. The van der Waals surface area contributed by atoms with Crippen molar-refractivity contribution in [3.63, 3.8) is 0 Å². The number of anilines is 1. The highest BCUT2D eigenvalue weighted by Crippen LogP contribution is 2.17. The normalized spacial score (nSPS) is 11.9. The fraction of sp³-hybridized carbons (Fsp3) is 0.417. The van der Waals surface area contributed by atoms with Gasteiger partial charge in [0.25, 0.3) is 5.91 Å². The minimum Gasteiger partial charge on any atom is -0.393 e. The van der Waals surface area contributed by atoms with Crippen LogP contribution in [0, 0.1) is 5.92 Å². The van der Waals surface area contributed by atoms with Crippen molar-refractivity contribution in [3.05, 3.63) is 23.9 Å². The van der Waals surface area contributed by atoms with Crippen LogP contribution in [0.3, 0.4) is 0 Å². The van der Waals surface area contributed by atoms with E-state index in [0.29, 0.717) is 29.5 Å². The lowest BCUT2D eigenvalue weighted by Crippen LogP contribution is -2.35. The number of pyridine rings is 1. The van der Waals surface area contributed by atoms with Gasteiger partial charge in [0.15, 0.2) is 0 Å². The fourth-order valence-electron chi connectivity index (χ4n) is 1.63. The number of rotatable bonds is 6. The lowest BCUT2D eigenvalue weighted by atomic mass is 10.1. The molecule has 5 nitrogen and oxygen atoms in total. The standard InChI is InChI=1S/C12H18N4OS/c1-3-16(7-8(2)11(14)18)12-9(10(13)17)5-4-6-15-12/h4-6,8H,3,7H2,1-2H3,(H2,13,17)(H2,14,18). The van der Waals surface area contributed by atoms with Gasteiger partial charge in [0, 0.05) is 25.2 Å². The molecule has 0 saturated carbocycles. The average molecular weight is 266 g/mol. The number of carbonyl (C=O) groups is 1. The summed E-state index contributed by atoms with van der Waals surface area (Å²) in [6.45, 7) is 5.23. The van der Waals surface area contributed by atoms with E-state index in [0.717, 1.165) is 0 Å². The third kappa shape index (κ3) is 3.40. The Hall–Kier alpha value is -1.69. The van der Waals surface area contributed by atoms with Gasteiger partial charge in [-0.2, -0.15) is 0 Å². The summed E-state index contributed by atoms with van der Waals surface area (Å²) in [4.78, 5) is 18.0. The van der Waals surface area contributed by atoms with E-state index < -0.39 is 5.91 Å². The Morgan fingerprint density at radius 3 is 2.72 bits per heavy atom. The van der Waals surface area contributed by atoms with Crippen LogP contribution in [0.25, 0.3) is 0 Å². The maximum atomic E-state index is 11.4. The third-order valence-corrected chi connectivity index (χ3v) is 3.12. The Morgan fingerprint density at radius 1 is 1.56 bits per heavy atom. The maximum absolute atomic E-state index is 11.4. The molecule has 6 heteroatoms.